The molecular formula is C20H15N3O. The lowest BCUT2D eigenvalue weighted by Crippen LogP contribution is -2.23. The van der Waals surface area contributed by atoms with E-state index in [0.717, 1.165) is 22.4 Å². The van der Waals surface area contributed by atoms with E-state index in [1.807, 2.05) is 18.2 Å². The molecule has 4 nitrogen and oxygen atoms in total. The number of carbonyl (C=O) groups excluding carboxylic acids is 1. The topological polar surface area (TPSA) is 57.8 Å². The number of rotatable bonds is 2. The molecule has 0 fully saturated rings. The highest BCUT2D eigenvalue weighted by Crippen LogP contribution is 2.41. The number of anilines is 1. The second-order valence-corrected chi connectivity index (χ2v) is 6.25. The van der Waals surface area contributed by atoms with E-state index in [1.165, 1.54) is 10.8 Å². The summed E-state index contributed by atoms with van der Waals surface area (Å²) in [6, 6.07) is 14.7. The first-order chi connectivity index (χ1) is 11.8. The van der Waals surface area contributed by atoms with Crippen molar-refractivity contribution >= 4 is 28.1 Å². The Morgan fingerprint density at radius 1 is 1.08 bits per heavy atom. The minimum Gasteiger partial charge on any atom is -0.309 e. The molecule has 4 heteroatoms. The third-order valence-electron chi connectivity index (χ3n) is 4.82. The van der Waals surface area contributed by atoms with Crippen LogP contribution in [-0.4, -0.2) is 16.1 Å². The van der Waals surface area contributed by atoms with Gasteiger partial charge in [-0.15, -0.1) is 0 Å². The van der Waals surface area contributed by atoms with Gasteiger partial charge in [0, 0.05) is 17.9 Å². The van der Waals surface area contributed by atoms with E-state index >= 15 is 0 Å². The number of allylic oxidation sites excluding steroid dienone is 4. The number of benzene rings is 2. The van der Waals surface area contributed by atoms with Crippen LogP contribution in [0, 0.1) is 0 Å². The molecule has 1 aliphatic carbocycles. The fraction of sp³-hybridized carbons (Fsp3) is 0.100. The van der Waals surface area contributed by atoms with Gasteiger partial charge in [0.2, 0.25) is 5.91 Å². The van der Waals surface area contributed by atoms with Crippen molar-refractivity contribution in [1.82, 2.24) is 10.2 Å². The molecule has 1 amide bonds. The van der Waals surface area contributed by atoms with Crippen LogP contribution in [0.15, 0.2) is 60.7 Å². The number of amides is 1. The summed E-state index contributed by atoms with van der Waals surface area (Å²) in [5.74, 6) is 0.680. The number of aromatic amines is 1. The molecule has 2 heterocycles. The van der Waals surface area contributed by atoms with E-state index in [0.29, 0.717) is 12.2 Å². The van der Waals surface area contributed by atoms with Gasteiger partial charge in [-0.1, -0.05) is 60.7 Å². The molecule has 0 saturated heterocycles. The molecular weight excluding hydrogens is 298 g/mol. The Kier molecular flexibility index (Phi) is 2.73. The molecule has 5 rings (SSSR count). The summed E-state index contributed by atoms with van der Waals surface area (Å²) in [6.45, 7) is 0. The van der Waals surface area contributed by atoms with Crippen LogP contribution in [0.5, 0.6) is 0 Å². The van der Waals surface area contributed by atoms with Crippen molar-refractivity contribution in [2.75, 3.05) is 5.32 Å². The zero-order chi connectivity index (χ0) is 16.1. The van der Waals surface area contributed by atoms with Crippen LogP contribution < -0.4 is 5.32 Å². The van der Waals surface area contributed by atoms with Crippen molar-refractivity contribution in [2.24, 2.45) is 0 Å². The van der Waals surface area contributed by atoms with Crippen molar-refractivity contribution in [2.45, 2.75) is 12.3 Å². The maximum absolute atomic E-state index is 12.1. The summed E-state index contributed by atoms with van der Waals surface area (Å²) < 4.78 is 0. The first-order valence-corrected chi connectivity index (χ1v) is 8.05. The second kappa shape index (κ2) is 4.93. The van der Waals surface area contributed by atoms with Gasteiger partial charge >= 0.3 is 0 Å². The molecule has 0 bridgehead atoms. The van der Waals surface area contributed by atoms with Crippen molar-refractivity contribution in [3.8, 4) is 0 Å². The van der Waals surface area contributed by atoms with Crippen LogP contribution in [0.2, 0.25) is 0 Å². The highest BCUT2D eigenvalue weighted by atomic mass is 16.1. The van der Waals surface area contributed by atoms with Gasteiger partial charge in [0.25, 0.3) is 0 Å². The van der Waals surface area contributed by atoms with E-state index in [1.54, 1.807) is 0 Å². The standard InChI is InChI=1S/C20H15N3O/c24-17-11-16(15-9-8-12-4-1-2-5-14(12)10-15)18-19(13-6-3-7-13)22-23-20(18)21-17/h1-10,16H,11H2,(H2,21,22,23,24). The van der Waals surface area contributed by atoms with Crippen LogP contribution in [0.25, 0.3) is 16.3 Å². The fourth-order valence-corrected chi connectivity index (χ4v) is 3.54. The minimum absolute atomic E-state index is 0.0110. The van der Waals surface area contributed by atoms with E-state index in [2.05, 4.69) is 58.0 Å². The lowest BCUT2D eigenvalue weighted by Gasteiger charge is -2.24. The summed E-state index contributed by atoms with van der Waals surface area (Å²) >= 11 is 0. The average Bonchev–Trinajstić information content (AvgIpc) is 2.95. The molecule has 1 unspecified atom stereocenters. The largest absolute Gasteiger partial charge is 0.309 e. The molecule has 0 radical (unpaired) electrons. The van der Waals surface area contributed by atoms with Crippen molar-refractivity contribution in [3.05, 3.63) is 77.5 Å². The molecule has 1 aromatic heterocycles. The van der Waals surface area contributed by atoms with Gasteiger partial charge in [-0.2, -0.15) is 5.10 Å². The third kappa shape index (κ3) is 1.93. The van der Waals surface area contributed by atoms with Gasteiger partial charge in [0.1, 0.15) is 0 Å². The summed E-state index contributed by atoms with van der Waals surface area (Å²) in [5.41, 5.74) is 4.37. The Balaban J connectivity index is 1.67. The number of hydrogen-bond donors (Lipinski definition) is 2. The van der Waals surface area contributed by atoms with E-state index in [4.69, 9.17) is 0 Å². The van der Waals surface area contributed by atoms with Crippen molar-refractivity contribution in [3.63, 3.8) is 0 Å². The van der Waals surface area contributed by atoms with Crippen LogP contribution in [0.4, 0.5) is 5.82 Å². The Bertz CT molecular complexity index is 1040. The van der Waals surface area contributed by atoms with Gasteiger partial charge < -0.3 is 5.32 Å². The van der Waals surface area contributed by atoms with Gasteiger partial charge in [-0.05, 0) is 21.9 Å². The number of fused-ring (bicyclic) bond motifs is 2. The Hall–Kier alpha value is -3.14. The van der Waals surface area contributed by atoms with Crippen LogP contribution in [0.1, 0.15) is 29.2 Å². The SMILES string of the molecule is O=C1CC(c2ccc3ccccc3c2)c2c(n[nH]c2C2=CC=C2)N1. The first-order valence-electron chi connectivity index (χ1n) is 8.05. The normalized spacial score (nSPS) is 18.8. The lowest BCUT2D eigenvalue weighted by atomic mass is 9.83. The van der Waals surface area contributed by atoms with Gasteiger partial charge in [-0.3, -0.25) is 9.89 Å². The molecule has 24 heavy (non-hydrogen) atoms. The highest BCUT2D eigenvalue weighted by molar-refractivity contribution is 5.97. The molecule has 0 spiro atoms. The monoisotopic (exact) mass is 313 g/mol. The molecule has 2 aliphatic rings. The summed E-state index contributed by atoms with van der Waals surface area (Å²) in [5, 5.41) is 12.7. The number of nitrogens with zero attached hydrogens (tertiary/aromatic N) is 1. The second-order valence-electron chi connectivity index (χ2n) is 6.25. The maximum Gasteiger partial charge on any atom is 0.226 e. The van der Waals surface area contributed by atoms with Crippen molar-refractivity contribution in [1.29, 1.82) is 0 Å². The molecule has 1 aliphatic heterocycles. The van der Waals surface area contributed by atoms with Gasteiger partial charge in [0.15, 0.2) is 5.82 Å². The summed E-state index contributed by atoms with van der Waals surface area (Å²) in [4.78, 5) is 12.1. The van der Waals surface area contributed by atoms with Crippen LogP contribution in [-0.2, 0) is 4.79 Å². The summed E-state index contributed by atoms with van der Waals surface area (Å²) in [6.07, 6.45) is 6.56. The molecule has 0 saturated carbocycles. The average molecular weight is 313 g/mol. The number of H-pyrrole nitrogens is 1. The molecule has 116 valence electrons. The Labute approximate surface area is 138 Å². The highest BCUT2D eigenvalue weighted by Gasteiger charge is 2.32. The number of carbonyl (C=O) groups is 1. The van der Waals surface area contributed by atoms with E-state index in [-0.39, 0.29) is 11.8 Å². The smallest absolute Gasteiger partial charge is 0.226 e. The predicted octanol–water partition coefficient (Wildman–Crippen LogP) is 3.99. The first kappa shape index (κ1) is 13.3. The zero-order valence-corrected chi connectivity index (χ0v) is 12.9. The van der Waals surface area contributed by atoms with Crippen LogP contribution >= 0.6 is 0 Å². The number of aromatic nitrogens is 2. The predicted molar refractivity (Wildman–Crippen MR) is 94.7 cm³/mol. The third-order valence-corrected chi connectivity index (χ3v) is 4.82. The lowest BCUT2D eigenvalue weighted by molar-refractivity contribution is -0.116. The molecule has 3 aromatic rings. The van der Waals surface area contributed by atoms with E-state index in [9.17, 15) is 4.79 Å². The molecule has 2 aromatic carbocycles. The minimum atomic E-state index is 0.0110. The van der Waals surface area contributed by atoms with Crippen molar-refractivity contribution < 1.29 is 4.79 Å². The quantitative estimate of drug-likeness (QED) is 0.751. The molecule has 1 atom stereocenters. The number of nitrogens with one attached hydrogen (secondary N) is 2. The number of hydrogen-bond acceptors (Lipinski definition) is 2. The van der Waals surface area contributed by atoms with E-state index < -0.39 is 0 Å². The van der Waals surface area contributed by atoms with Gasteiger partial charge in [-0.25, -0.2) is 0 Å². The zero-order valence-electron chi connectivity index (χ0n) is 12.9. The maximum atomic E-state index is 12.1. The Morgan fingerprint density at radius 2 is 1.92 bits per heavy atom. The van der Waals surface area contributed by atoms with Gasteiger partial charge in [0.05, 0.1) is 5.69 Å². The summed E-state index contributed by atoms with van der Waals surface area (Å²) in [7, 11) is 0. The fourth-order valence-electron chi connectivity index (χ4n) is 3.54. The van der Waals surface area contributed by atoms with Crippen LogP contribution in [0.3, 0.4) is 0 Å². The molecule has 2 N–H and O–H groups in total. The Morgan fingerprint density at radius 3 is 2.71 bits per heavy atom.